The van der Waals surface area contributed by atoms with E-state index in [1.165, 1.54) is 15.0 Å². The van der Waals surface area contributed by atoms with Crippen LogP contribution in [-0.2, 0) is 0 Å². The van der Waals surface area contributed by atoms with Crippen LogP contribution in [0, 0.1) is 5.41 Å². The van der Waals surface area contributed by atoms with Crippen LogP contribution in [0.15, 0.2) is 30.3 Å². The van der Waals surface area contributed by atoms with E-state index in [2.05, 4.69) is 56.4 Å². The summed E-state index contributed by atoms with van der Waals surface area (Å²) in [4.78, 5) is 1.39. The van der Waals surface area contributed by atoms with Gasteiger partial charge in [-0.3, -0.25) is 0 Å². The summed E-state index contributed by atoms with van der Waals surface area (Å²) in [6.45, 7) is 8.01. The lowest BCUT2D eigenvalue weighted by atomic mass is 9.87. The number of hydrogen-bond acceptors (Lipinski definition) is 3. The van der Waals surface area contributed by atoms with E-state index in [9.17, 15) is 0 Å². The zero-order valence-electron chi connectivity index (χ0n) is 12.6. The van der Waals surface area contributed by atoms with Crippen LogP contribution in [0.1, 0.15) is 44.5 Å². The van der Waals surface area contributed by atoms with Gasteiger partial charge in [0.05, 0.1) is 0 Å². The Morgan fingerprint density at radius 3 is 2.75 bits per heavy atom. The molecule has 1 atom stereocenters. The van der Waals surface area contributed by atoms with Crippen LogP contribution in [0.25, 0.3) is 10.1 Å². The summed E-state index contributed by atoms with van der Waals surface area (Å²) in [6, 6.07) is 11.2. The molecule has 0 fully saturated rings. The van der Waals surface area contributed by atoms with Crippen LogP contribution < -0.4 is 5.32 Å². The molecule has 3 heteroatoms. The van der Waals surface area contributed by atoms with E-state index in [0.29, 0.717) is 6.04 Å². The SMILES string of the molecule is CC(NCC(C)(C)CCCO)c1cc2ccccc2s1. The molecule has 0 radical (unpaired) electrons. The van der Waals surface area contributed by atoms with Gasteiger partial charge in [-0.25, -0.2) is 0 Å². The molecule has 2 aromatic rings. The van der Waals surface area contributed by atoms with Gasteiger partial charge in [0.1, 0.15) is 0 Å². The molecule has 0 saturated heterocycles. The molecule has 0 aliphatic rings. The van der Waals surface area contributed by atoms with Gasteiger partial charge in [-0.1, -0.05) is 32.0 Å². The quantitative estimate of drug-likeness (QED) is 0.795. The molecule has 0 spiro atoms. The average molecular weight is 291 g/mol. The summed E-state index contributed by atoms with van der Waals surface area (Å²) < 4.78 is 1.36. The van der Waals surface area contributed by atoms with Gasteiger partial charge in [0, 0.05) is 28.8 Å². The number of fused-ring (bicyclic) bond motifs is 1. The van der Waals surface area contributed by atoms with Gasteiger partial charge < -0.3 is 10.4 Å². The van der Waals surface area contributed by atoms with Gasteiger partial charge in [0.2, 0.25) is 0 Å². The van der Waals surface area contributed by atoms with E-state index in [-0.39, 0.29) is 12.0 Å². The number of aliphatic hydroxyl groups excluding tert-OH is 1. The van der Waals surface area contributed by atoms with Crippen molar-refractivity contribution in [2.75, 3.05) is 13.2 Å². The molecule has 2 N–H and O–H groups in total. The first-order chi connectivity index (χ1) is 9.52. The van der Waals surface area contributed by atoms with Crippen molar-refractivity contribution in [3.63, 3.8) is 0 Å². The lowest BCUT2D eigenvalue weighted by molar-refractivity contribution is 0.233. The fraction of sp³-hybridized carbons (Fsp3) is 0.529. The summed E-state index contributed by atoms with van der Waals surface area (Å²) in [6.07, 6.45) is 1.93. The number of aliphatic hydroxyl groups is 1. The molecule has 0 amide bonds. The first kappa shape index (κ1) is 15.5. The van der Waals surface area contributed by atoms with E-state index in [0.717, 1.165) is 19.4 Å². The summed E-state index contributed by atoms with van der Waals surface area (Å²) >= 11 is 1.87. The van der Waals surface area contributed by atoms with Crippen LogP contribution in [0.3, 0.4) is 0 Å². The molecule has 0 aliphatic heterocycles. The average Bonchev–Trinajstić information content (AvgIpc) is 2.86. The van der Waals surface area contributed by atoms with Crippen LogP contribution in [-0.4, -0.2) is 18.3 Å². The Morgan fingerprint density at radius 2 is 2.05 bits per heavy atom. The van der Waals surface area contributed by atoms with Crippen LogP contribution in [0.4, 0.5) is 0 Å². The molecule has 1 aromatic carbocycles. The normalized spacial score (nSPS) is 13.8. The highest BCUT2D eigenvalue weighted by molar-refractivity contribution is 7.19. The first-order valence-corrected chi connectivity index (χ1v) is 8.16. The van der Waals surface area contributed by atoms with E-state index in [1.54, 1.807) is 0 Å². The lowest BCUT2D eigenvalue weighted by Gasteiger charge is -2.26. The number of nitrogens with one attached hydrogen (secondary N) is 1. The summed E-state index contributed by atoms with van der Waals surface area (Å²) in [5.74, 6) is 0. The molecule has 0 saturated carbocycles. The maximum atomic E-state index is 8.95. The fourth-order valence-corrected chi connectivity index (χ4v) is 3.48. The van der Waals surface area contributed by atoms with Gasteiger partial charge in [-0.15, -0.1) is 11.3 Å². The molecule has 20 heavy (non-hydrogen) atoms. The largest absolute Gasteiger partial charge is 0.396 e. The lowest BCUT2D eigenvalue weighted by Crippen LogP contribution is -2.31. The van der Waals surface area contributed by atoms with Crippen molar-refractivity contribution in [2.24, 2.45) is 5.41 Å². The molecule has 110 valence electrons. The summed E-state index contributed by atoms with van der Waals surface area (Å²) in [5.41, 5.74) is 0.230. The molecular weight excluding hydrogens is 266 g/mol. The molecule has 0 aliphatic carbocycles. The summed E-state index contributed by atoms with van der Waals surface area (Å²) in [5, 5.41) is 13.9. The Hall–Kier alpha value is -0.900. The smallest absolute Gasteiger partial charge is 0.0431 e. The highest BCUT2D eigenvalue weighted by atomic mass is 32.1. The van der Waals surface area contributed by atoms with Gasteiger partial charge >= 0.3 is 0 Å². The Morgan fingerprint density at radius 1 is 1.30 bits per heavy atom. The third-order valence-electron chi connectivity index (χ3n) is 3.77. The van der Waals surface area contributed by atoms with E-state index in [1.807, 2.05) is 11.3 Å². The Balaban J connectivity index is 1.96. The Labute approximate surface area is 125 Å². The minimum absolute atomic E-state index is 0.230. The maximum absolute atomic E-state index is 8.95. The van der Waals surface area contributed by atoms with Crippen molar-refractivity contribution in [2.45, 2.75) is 39.7 Å². The van der Waals surface area contributed by atoms with Gasteiger partial charge in [-0.2, -0.15) is 0 Å². The van der Waals surface area contributed by atoms with Crippen LogP contribution in [0.5, 0.6) is 0 Å². The zero-order chi connectivity index (χ0) is 14.6. The highest BCUT2D eigenvalue weighted by Gasteiger charge is 2.19. The maximum Gasteiger partial charge on any atom is 0.0431 e. The minimum Gasteiger partial charge on any atom is -0.396 e. The van der Waals surface area contributed by atoms with Crippen molar-refractivity contribution in [3.8, 4) is 0 Å². The van der Waals surface area contributed by atoms with Crippen molar-refractivity contribution in [3.05, 3.63) is 35.2 Å². The second-order valence-electron chi connectivity index (χ2n) is 6.28. The molecule has 1 unspecified atom stereocenters. The molecule has 1 heterocycles. The first-order valence-electron chi connectivity index (χ1n) is 7.34. The van der Waals surface area contributed by atoms with Gasteiger partial charge in [0.15, 0.2) is 0 Å². The van der Waals surface area contributed by atoms with Crippen molar-refractivity contribution < 1.29 is 5.11 Å². The third-order valence-corrected chi connectivity index (χ3v) is 5.07. The second kappa shape index (κ2) is 6.70. The second-order valence-corrected chi connectivity index (χ2v) is 7.40. The fourth-order valence-electron chi connectivity index (χ4n) is 2.39. The van der Waals surface area contributed by atoms with Crippen molar-refractivity contribution in [1.82, 2.24) is 5.32 Å². The highest BCUT2D eigenvalue weighted by Crippen LogP contribution is 2.30. The summed E-state index contributed by atoms with van der Waals surface area (Å²) in [7, 11) is 0. The van der Waals surface area contributed by atoms with E-state index < -0.39 is 0 Å². The Bertz CT molecular complexity index is 514. The van der Waals surface area contributed by atoms with Gasteiger partial charge in [-0.05, 0) is 42.7 Å². The molecule has 2 rings (SSSR count). The molecule has 0 bridgehead atoms. The number of benzene rings is 1. The molecule has 2 nitrogen and oxygen atoms in total. The van der Waals surface area contributed by atoms with Crippen molar-refractivity contribution in [1.29, 1.82) is 0 Å². The zero-order valence-corrected chi connectivity index (χ0v) is 13.5. The van der Waals surface area contributed by atoms with Crippen molar-refractivity contribution >= 4 is 21.4 Å². The van der Waals surface area contributed by atoms with E-state index in [4.69, 9.17) is 5.11 Å². The predicted molar refractivity (Wildman–Crippen MR) is 88.3 cm³/mol. The number of thiophene rings is 1. The molecular formula is C17H25NOS. The third kappa shape index (κ3) is 4.05. The number of hydrogen-bond donors (Lipinski definition) is 2. The monoisotopic (exact) mass is 291 g/mol. The Kier molecular flexibility index (Phi) is 5.19. The van der Waals surface area contributed by atoms with Gasteiger partial charge in [0.25, 0.3) is 0 Å². The molecule has 1 aromatic heterocycles. The van der Waals surface area contributed by atoms with Crippen LogP contribution in [0.2, 0.25) is 0 Å². The minimum atomic E-state index is 0.230. The van der Waals surface area contributed by atoms with Crippen LogP contribution >= 0.6 is 11.3 Å². The number of rotatable bonds is 7. The predicted octanol–water partition coefficient (Wildman–Crippen LogP) is 4.35. The standard InChI is InChI=1S/C17H25NOS/c1-13(18-12-17(2,3)9-6-10-19)16-11-14-7-4-5-8-15(14)20-16/h4-5,7-8,11,13,18-19H,6,9-10,12H2,1-3H3. The van der Waals surface area contributed by atoms with E-state index >= 15 is 0 Å². The topological polar surface area (TPSA) is 32.3 Å².